The summed E-state index contributed by atoms with van der Waals surface area (Å²) in [6.45, 7) is 4.31. The first kappa shape index (κ1) is 24.8. The van der Waals surface area contributed by atoms with E-state index in [2.05, 4.69) is 11.6 Å². The van der Waals surface area contributed by atoms with Crippen molar-refractivity contribution in [2.75, 3.05) is 12.8 Å². The summed E-state index contributed by atoms with van der Waals surface area (Å²) in [5.74, 6) is -0.567. The Morgan fingerprint density at radius 1 is 1.18 bits per heavy atom. The van der Waals surface area contributed by atoms with Crippen LogP contribution < -0.4 is 4.80 Å². The van der Waals surface area contributed by atoms with E-state index in [-0.39, 0.29) is 16.3 Å². The van der Waals surface area contributed by atoms with Crippen LogP contribution in [0.4, 0.5) is 0 Å². The molecule has 0 spiro atoms. The average molecular weight is 540 g/mol. The Morgan fingerprint density at radius 2 is 1.85 bits per heavy atom. The van der Waals surface area contributed by atoms with E-state index in [1.807, 2.05) is 0 Å². The SMILES string of the molecule is C=CCn1c(=NC(=O)C2CCCN2S(=O)(=O)c2ccc(Cl)cc2)sc2cc(S(C)(=O)=O)ccc21. The zero-order valence-corrected chi connectivity index (χ0v) is 21.4. The molecule has 180 valence electrons. The lowest BCUT2D eigenvalue weighted by Crippen LogP contribution is -2.40. The molecule has 0 bridgehead atoms. The molecule has 1 saturated heterocycles. The van der Waals surface area contributed by atoms with E-state index in [1.54, 1.807) is 22.8 Å². The molecule has 1 atom stereocenters. The highest BCUT2D eigenvalue weighted by atomic mass is 35.5. The van der Waals surface area contributed by atoms with E-state index in [9.17, 15) is 21.6 Å². The molecule has 0 aliphatic carbocycles. The van der Waals surface area contributed by atoms with Crippen molar-refractivity contribution in [1.82, 2.24) is 8.87 Å². The molecule has 34 heavy (non-hydrogen) atoms. The highest BCUT2D eigenvalue weighted by molar-refractivity contribution is 7.90. The molecule has 0 radical (unpaired) electrons. The van der Waals surface area contributed by atoms with Gasteiger partial charge in [0.25, 0.3) is 5.91 Å². The monoisotopic (exact) mass is 539 g/mol. The summed E-state index contributed by atoms with van der Waals surface area (Å²) >= 11 is 7.05. The highest BCUT2D eigenvalue weighted by Gasteiger charge is 2.39. The number of hydrogen-bond donors (Lipinski definition) is 0. The Hall–Kier alpha value is -2.31. The highest BCUT2D eigenvalue weighted by Crippen LogP contribution is 2.28. The number of sulfone groups is 1. The number of thiazole rings is 1. The zero-order chi connectivity index (χ0) is 24.7. The standard InChI is InChI=1S/C22H22ClN3O5S3/c1-3-12-25-18-11-10-17(33(2,28)29)14-20(18)32-22(25)24-21(27)19-5-4-13-26(19)34(30,31)16-8-6-15(23)7-9-16/h3,6-11,14,19H,1,4-5,12-13H2,2H3. The van der Waals surface area contributed by atoms with Gasteiger partial charge in [-0.15, -0.1) is 6.58 Å². The van der Waals surface area contributed by atoms with Crippen molar-refractivity contribution < 1.29 is 21.6 Å². The molecule has 1 unspecified atom stereocenters. The molecule has 1 aliphatic heterocycles. The van der Waals surface area contributed by atoms with Crippen LogP contribution in [0.25, 0.3) is 10.2 Å². The maximum Gasteiger partial charge on any atom is 0.266 e. The zero-order valence-electron chi connectivity index (χ0n) is 18.2. The van der Waals surface area contributed by atoms with Crippen LogP contribution in [0, 0.1) is 0 Å². The van der Waals surface area contributed by atoms with Gasteiger partial charge in [0, 0.05) is 24.4 Å². The third-order valence-electron chi connectivity index (χ3n) is 5.51. The average Bonchev–Trinajstić information content (AvgIpc) is 3.39. The van der Waals surface area contributed by atoms with Crippen molar-refractivity contribution in [2.45, 2.75) is 35.2 Å². The Morgan fingerprint density at radius 3 is 2.50 bits per heavy atom. The molecule has 1 aromatic heterocycles. The number of sulfonamides is 1. The summed E-state index contributed by atoms with van der Waals surface area (Å²) in [6.07, 6.45) is 3.67. The molecule has 2 aromatic carbocycles. The summed E-state index contributed by atoms with van der Waals surface area (Å²) in [7, 11) is -7.30. The number of amides is 1. The van der Waals surface area contributed by atoms with E-state index >= 15 is 0 Å². The predicted molar refractivity (Wildman–Crippen MR) is 132 cm³/mol. The Kier molecular flexibility index (Phi) is 6.85. The molecule has 3 aromatic rings. The maximum absolute atomic E-state index is 13.2. The van der Waals surface area contributed by atoms with Gasteiger partial charge < -0.3 is 4.57 Å². The van der Waals surface area contributed by atoms with Gasteiger partial charge in [0.15, 0.2) is 14.6 Å². The summed E-state index contributed by atoms with van der Waals surface area (Å²) in [6, 6.07) is 9.61. The fourth-order valence-electron chi connectivity index (χ4n) is 3.86. The fourth-order valence-corrected chi connectivity index (χ4v) is 7.44. The van der Waals surface area contributed by atoms with E-state index in [1.165, 1.54) is 46.0 Å². The van der Waals surface area contributed by atoms with Gasteiger partial charge in [-0.1, -0.05) is 29.0 Å². The number of halogens is 1. The van der Waals surface area contributed by atoms with Crippen molar-refractivity contribution >= 4 is 58.9 Å². The number of allylic oxidation sites excluding steroid dienone is 1. The third kappa shape index (κ3) is 4.76. The van der Waals surface area contributed by atoms with Crippen molar-refractivity contribution in [1.29, 1.82) is 0 Å². The molecule has 1 fully saturated rings. The molecule has 2 heterocycles. The second-order valence-electron chi connectivity index (χ2n) is 7.86. The van der Waals surface area contributed by atoms with Crippen LogP contribution in [0.1, 0.15) is 12.8 Å². The Labute approximate surface area is 206 Å². The van der Waals surface area contributed by atoms with Crippen molar-refractivity contribution in [2.24, 2.45) is 4.99 Å². The van der Waals surface area contributed by atoms with Gasteiger partial charge in [-0.25, -0.2) is 16.8 Å². The van der Waals surface area contributed by atoms with E-state index < -0.39 is 31.8 Å². The minimum absolute atomic E-state index is 0.0634. The normalized spacial score (nSPS) is 17.9. The van der Waals surface area contributed by atoms with Gasteiger partial charge in [-0.3, -0.25) is 4.79 Å². The van der Waals surface area contributed by atoms with Crippen LogP contribution in [0.2, 0.25) is 5.02 Å². The number of carbonyl (C=O) groups excluding carboxylic acids is 1. The lowest BCUT2D eigenvalue weighted by Gasteiger charge is -2.21. The van der Waals surface area contributed by atoms with E-state index in [0.29, 0.717) is 39.4 Å². The van der Waals surface area contributed by atoms with Crippen molar-refractivity contribution in [3.05, 3.63) is 64.9 Å². The van der Waals surface area contributed by atoms with Gasteiger partial charge in [-0.05, 0) is 55.3 Å². The van der Waals surface area contributed by atoms with Crippen LogP contribution in [0.5, 0.6) is 0 Å². The number of fused-ring (bicyclic) bond motifs is 1. The van der Waals surface area contributed by atoms with Crippen molar-refractivity contribution in [3.63, 3.8) is 0 Å². The summed E-state index contributed by atoms with van der Waals surface area (Å²) in [5, 5.41) is 0.415. The van der Waals surface area contributed by atoms with E-state index in [4.69, 9.17) is 11.6 Å². The van der Waals surface area contributed by atoms with E-state index in [0.717, 1.165) is 6.26 Å². The number of benzene rings is 2. The minimum atomic E-state index is -3.90. The second-order valence-corrected chi connectivity index (χ2v) is 13.2. The maximum atomic E-state index is 13.2. The topological polar surface area (TPSA) is 106 Å². The first-order chi connectivity index (χ1) is 16.0. The number of hydrogen-bond acceptors (Lipinski definition) is 6. The second kappa shape index (κ2) is 9.38. The van der Waals surface area contributed by atoms with Crippen LogP contribution in [-0.4, -0.2) is 50.5 Å². The lowest BCUT2D eigenvalue weighted by atomic mass is 10.2. The Balaban J connectivity index is 1.75. The molecule has 1 amide bonds. The molecule has 4 rings (SSSR count). The lowest BCUT2D eigenvalue weighted by molar-refractivity contribution is -0.121. The first-order valence-corrected chi connectivity index (χ1v) is 14.9. The number of nitrogens with zero attached hydrogens (tertiary/aromatic N) is 3. The van der Waals surface area contributed by atoms with Crippen LogP contribution in [-0.2, 0) is 31.2 Å². The molecule has 8 nitrogen and oxygen atoms in total. The van der Waals surface area contributed by atoms with Crippen molar-refractivity contribution in [3.8, 4) is 0 Å². The minimum Gasteiger partial charge on any atom is -0.313 e. The fraction of sp³-hybridized carbons (Fsp3) is 0.273. The summed E-state index contributed by atoms with van der Waals surface area (Å²) in [5.41, 5.74) is 0.709. The molecule has 1 aliphatic rings. The molecule has 12 heteroatoms. The first-order valence-electron chi connectivity index (χ1n) is 10.3. The van der Waals surface area contributed by atoms with Gasteiger partial charge in [0.05, 0.1) is 20.0 Å². The largest absolute Gasteiger partial charge is 0.313 e. The van der Waals surface area contributed by atoms with Gasteiger partial charge in [-0.2, -0.15) is 9.30 Å². The van der Waals surface area contributed by atoms with Gasteiger partial charge in [0.2, 0.25) is 10.0 Å². The molecular weight excluding hydrogens is 518 g/mol. The van der Waals surface area contributed by atoms with Gasteiger partial charge >= 0.3 is 0 Å². The third-order valence-corrected chi connectivity index (χ3v) is 9.83. The number of carbonyl (C=O) groups is 1. The number of aromatic nitrogens is 1. The van der Waals surface area contributed by atoms with Crippen LogP contribution in [0.3, 0.4) is 0 Å². The molecular formula is C22H22ClN3O5S3. The Bertz CT molecular complexity index is 1560. The summed E-state index contributed by atoms with van der Waals surface area (Å²) in [4.78, 5) is 18.1. The van der Waals surface area contributed by atoms with Gasteiger partial charge in [0.1, 0.15) is 6.04 Å². The predicted octanol–water partition coefficient (Wildman–Crippen LogP) is 3.23. The molecule has 0 saturated carbocycles. The summed E-state index contributed by atoms with van der Waals surface area (Å²) < 4.78 is 53.8. The number of rotatable bonds is 6. The smallest absolute Gasteiger partial charge is 0.266 e. The van der Waals surface area contributed by atoms with Crippen LogP contribution in [0.15, 0.2) is 69.9 Å². The van der Waals surface area contributed by atoms with Crippen LogP contribution >= 0.6 is 22.9 Å². The molecule has 0 N–H and O–H groups in total. The quantitative estimate of drug-likeness (QED) is 0.447.